The number of rotatable bonds is 15. The lowest BCUT2D eigenvalue weighted by Gasteiger charge is -2.16. The fraction of sp³-hybridized carbons (Fsp3) is 0.109. The van der Waals surface area contributed by atoms with E-state index in [1.165, 1.54) is 6.08 Å². The van der Waals surface area contributed by atoms with Crippen molar-refractivity contribution < 1.29 is 28.8 Å². The van der Waals surface area contributed by atoms with Crippen molar-refractivity contribution in [1.29, 1.82) is 0 Å². The van der Waals surface area contributed by atoms with Crippen molar-refractivity contribution >= 4 is 64.5 Å². The number of halogens is 4. The minimum Gasteiger partial charge on any atom is -0.485 e. The zero-order chi connectivity index (χ0) is 39.7. The lowest BCUT2D eigenvalue weighted by molar-refractivity contribution is -0.131. The molecule has 0 aliphatic carbocycles. The summed E-state index contributed by atoms with van der Waals surface area (Å²) in [6.07, 6.45) is 6.47. The number of para-hydroxylation sites is 2. The van der Waals surface area contributed by atoms with Gasteiger partial charge in [0.1, 0.15) is 26.4 Å². The molecule has 6 rings (SSSR count). The Labute approximate surface area is 347 Å². The highest BCUT2D eigenvalue weighted by Gasteiger charge is 2.14. The number of benzene rings is 6. The van der Waals surface area contributed by atoms with Gasteiger partial charge in [0.2, 0.25) is 0 Å². The van der Waals surface area contributed by atoms with Crippen LogP contribution >= 0.6 is 46.4 Å². The molecule has 1 N–H and O–H groups in total. The molecule has 0 saturated heterocycles. The van der Waals surface area contributed by atoms with Crippen molar-refractivity contribution in [3.05, 3.63) is 199 Å². The zero-order valence-corrected chi connectivity index (χ0v) is 33.4. The summed E-state index contributed by atoms with van der Waals surface area (Å²) in [7, 11) is 0. The number of hydrogen-bond donors (Lipinski definition) is 1. The van der Waals surface area contributed by atoms with E-state index in [-0.39, 0.29) is 13.2 Å². The molecular weight excluding hydrogens is 790 g/mol. The van der Waals surface area contributed by atoms with E-state index in [4.69, 9.17) is 70.5 Å². The molecule has 0 amide bonds. The Hall–Kier alpha value is -5.37. The van der Waals surface area contributed by atoms with E-state index in [2.05, 4.69) is 0 Å². The summed E-state index contributed by atoms with van der Waals surface area (Å²) in [6, 6.07) is 41.2. The van der Waals surface area contributed by atoms with Crippen LogP contribution in [0.25, 0.3) is 12.2 Å². The van der Waals surface area contributed by atoms with Crippen molar-refractivity contribution in [2.45, 2.75) is 33.4 Å². The first-order valence-electron chi connectivity index (χ1n) is 17.5. The molecule has 10 heteroatoms. The predicted octanol–water partition coefficient (Wildman–Crippen LogP) is 13.4. The molecule has 0 bridgehead atoms. The molecular formula is C46H38Cl4O6. The number of ether oxygens (including phenoxy) is 4. The van der Waals surface area contributed by atoms with Gasteiger partial charge in [-0.05, 0) is 49.4 Å². The molecule has 0 fully saturated rings. The van der Waals surface area contributed by atoms with Crippen LogP contribution in [0.5, 0.6) is 23.0 Å². The Morgan fingerprint density at radius 1 is 0.482 bits per heavy atom. The number of carboxylic acid groups (broad SMARTS) is 1. The highest BCUT2D eigenvalue weighted by atomic mass is 35.5. The summed E-state index contributed by atoms with van der Waals surface area (Å²) in [6.45, 7) is 3.14. The van der Waals surface area contributed by atoms with Crippen LogP contribution in [0.2, 0.25) is 20.1 Å². The van der Waals surface area contributed by atoms with Crippen LogP contribution < -0.4 is 18.9 Å². The first kappa shape index (κ1) is 41.8. The molecule has 6 nitrogen and oxygen atoms in total. The second kappa shape index (κ2) is 21.6. The van der Waals surface area contributed by atoms with Gasteiger partial charge in [-0.15, -0.1) is 0 Å². The fourth-order valence-electron chi connectivity index (χ4n) is 5.28. The minimum absolute atomic E-state index is 0.208. The smallest absolute Gasteiger partial charge is 0.328 e. The number of allylic oxidation sites excluding steroid dienone is 1. The van der Waals surface area contributed by atoms with Crippen LogP contribution in [-0.4, -0.2) is 11.1 Å². The van der Waals surface area contributed by atoms with Crippen molar-refractivity contribution in [3.8, 4) is 23.0 Å². The average molecular weight is 829 g/mol. The molecule has 0 spiro atoms. The Morgan fingerprint density at radius 2 is 0.821 bits per heavy atom. The van der Waals surface area contributed by atoms with E-state index in [1.54, 1.807) is 30.3 Å². The fourth-order valence-corrected chi connectivity index (χ4v) is 6.04. The van der Waals surface area contributed by atoms with Crippen molar-refractivity contribution in [2.75, 3.05) is 0 Å². The van der Waals surface area contributed by atoms with Gasteiger partial charge in [0.15, 0.2) is 23.0 Å². The van der Waals surface area contributed by atoms with Gasteiger partial charge in [-0.25, -0.2) is 4.79 Å². The predicted molar refractivity (Wildman–Crippen MR) is 227 cm³/mol. The molecule has 6 aromatic carbocycles. The number of hydrogen-bond acceptors (Lipinski definition) is 5. The van der Waals surface area contributed by atoms with Gasteiger partial charge in [-0.2, -0.15) is 0 Å². The maximum Gasteiger partial charge on any atom is 0.328 e. The van der Waals surface area contributed by atoms with Gasteiger partial charge < -0.3 is 24.1 Å². The molecule has 56 heavy (non-hydrogen) atoms. The Bertz CT molecular complexity index is 2290. The largest absolute Gasteiger partial charge is 0.485 e. The molecule has 0 unspecified atom stereocenters. The zero-order valence-electron chi connectivity index (χ0n) is 30.3. The van der Waals surface area contributed by atoms with Crippen molar-refractivity contribution in [2.24, 2.45) is 0 Å². The summed E-state index contributed by atoms with van der Waals surface area (Å²) < 4.78 is 24.1. The maximum absolute atomic E-state index is 11.0. The topological polar surface area (TPSA) is 74.2 Å². The molecule has 0 aliphatic rings. The lowest BCUT2D eigenvalue weighted by atomic mass is 10.1. The second-order valence-corrected chi connectivity index (χ2v) is 13.7. The molecule has 0 saturated carbocycles. The molecule has 0 aliphatic heterocycles. The summed E-state index contributed by atoms with van der Waals surface area (Å²) in [5, 5.41) is 11.5. The van der Waals surface area contributed by atoms with Crippen LogP contribution in [0.4, 0.5) is 0 Å². The van der Waals surface area contributed by atoms with Gasteiger partial charge >= 0.3 is 5.97 Å². The van der Waals surface area contributed by atoms with Gasteiger partial charge in [0, 0.05) is 59.5 Å². The molecule has 6 aromatic rings. The third-order valence-electron chi connectivity index (χ3n) is 8.11. The van der Waals surface area contributed by atoms with E-state index in [1.807, 2.05) is 122 Å². The normalized spacial score (nSPS) is 10.9. The number of carbonyl (C=O) groups is 1. The van der Waals surface area contributed by atoms with Crippen LogP contribution in [0.1, 0.15) is 40.3 Å². The lowest BCUT2D eigenvalue weighted by Crippen LogP contribution is -2.03. The van der Waals surface area contributed by atoms with Gasteiger partial charge in [0.25, 0.3) is 0 Å². The third-order valence-corrected chi connectivity index (χ3v) is 9.59. The summed E-state index contributed by atoms with van der Waals surface area (Å²) in [5.74, 6) is 1.20. The number of aliphatic carboxylic acids is 1. The SMILES string of the molecule is C/C=C/c1cccc(OCc2ccccc2Cl)c1OCc1ccccc1Cl.O=C(O)/C=C/c1cccc(OCc2ccccc2Cl)c1OCc1ccccc1Cl. The molecule has 0 radical (unpaired) electrons. The van der Waals surface area contributed by atoms with E-state index in [0.717, 1.165) is 33.9 Å². The van der Waals surface area contributed by atoms with Gasteiger partial charge in [-0.3, -0.25) is 0 Å². The Morgan fingerprint density at radius 3 is 1.16 bits per heavy atom. The molecule has 286 valence electrons. The molecule has 0 heterocycles. The van der Waals surface area contributed by atoms with E-state index in [9.17, 15) is 4.79 Å². The highest BCUT2D eigenvalue weighted by molar-refractivity contribution is 6.32. The quantitative estimate of drug-likeness (QED) is 0.104. The van der Waals surface area contributed by atoms with Gasteiger partial charge in [-0.1, -0.05) is 156 Å². The summed E-state index contributed by atoms with van der Waals surface area (Å²) in [4.78, 5) is 11.0. The van der Waals surface area contributed by atoms with Crippen LogP contribution in [0.15, 0.2) is 146 Å². The third kappa shape index (κ3) is 12.3. The Kier molecular flexibility index (Phi) is 16.2. The summed E-state index contributed by atoms with van der Waals surface area (Å²) in [5.41, 5.74) is 5.01. The first-order chi connectivity index (χ1) is 27.2. The van der Waals surface area contributed by atoms with Crippen molar-refractivity contribution in [1.82, 2.24) is 0 Å². The van der Waals surface area contributed by atoms with Crippen LogP contribution in [0, 0.1) is 0 Å². The van der Waals surface area contributed by atoms with Crippen molar-refractivity contribution in [3.63, 3.8) is 0 Å². The van der Waals surface area contributed by atoms with Crippen LogP contribution in [-0.2, 0) is 31.2 Å². The first-order valence-corrected chi connectivity index (χ1v) is 19.0. The second-order valence-electron chi connectivity index (χ2n) is 12.0. The van der Waals surface area contributed by atoms with E-state index >= 15 is 0 Å². The highest BCUT2D eigenvalue weighted by Crippen LogP contribution is 2.36. The summed E-state index contributed by atoms with van der Waals surface area (Å²) >= 11 is 24.9. The number of carboxylic acids is 1. The van der Waals surface area contributed by atoms with Crippen LogP contribution in [0.3, 0.4) is 0 Å². The maximum atomic E-state index is 11.0. The molecule has 0 aromatic heterocycles. The molecule has 0 atom stereocenters. The monoisotopic (exact) mass is 826 g/mol. The standard InChI is InChI=1S/C23H18Cl2O4.C23H20Cl2O2/c24-19-9-3-1-6-17(19)14-28-21-11-5-8-16(12-13-22(26)27)23(21)29-15-18-7-2-4-10-20(18)25;1-2-8-17-11-7-14-22(26-15-18-9-3-5-12-20(18)24)23(17)27-16-19-10-4-6-13-21(19)25/h1-13H,14-15H2,(H,26,27);2-14H,15-16H2,1H3/b13-12+;8-2+. The average Bonchev–Trinajstić information content (AvgIpc) is 3.20. The Balaban J connectivity index is 0.000000215. The van der Waals surface area contributed by atoms with Gasteiger partial charge in [0.05, 0.1) is 0 Å². The minimum atomic E-state index is -1.05. The van der Waals surface area contributed by atoms with E-state index in [0.29, 0.717) is 61.9 Å². The van der Waals surface area contributed by atoms with E-state index < -0.39 is 5.97 Å².